The first-order chi connectivity index (χ1) is 10.1. The Bertz CT molecular complexity index is 739. The fourth-order valence-electron chi connectivity index (χ4n) is 1.66. The van der Waals surface area contributed by atoms with Crippen molar-refractivity contribution in [3.05, 3.63) is 39.8 Å². The zero-order valence-corrected chi connectivity index (χ0v) is 11.6. The molecule has 1 heterocycles. The highest BCUT2D eigenvalue weighted by Crippen LogP contribution is 2.28. The average molecular weight is 289 g/mol. The molecule has 0 amide bonds. The summed E-state index contributed by atoms with van der Waals surface area (Å²) in [5.41, 5.74) is 5.73. The first-order valence-corrected chi connectivity index (χ1v) is 5.97. The summed E-state index contributed by atoms with van der Waals surface area (Å²) in [6.45, 7) is 0. The summed E-state index contributed by atoms with van der Waals surface area (Å²) in [5, 5.41) is 7.28. The van der Waals surface area contributed by atoms with E-state index in [9.17, 15) is 4.79 Å². The van der Waals surface area contributed by atoms with Crippen LogP contribution in [0.1, 0.15) is 11.3 Å². The molecule has 8 heteroatoms. The van der Waals surface area contributed by atoms with Crippen LogP contribution in [0.15, 0.2) is 23.0 Å². The van der Waals surface area contributed by atoms with Gasteiger partial charge in [-0.25, -0.2) is 0 Å². The van der Waals surface area contributed by atoms with Crippen LogP contribution in [0.2, 0.25) is 0 Å². The highest BCUT2D eigenvalue weighted by molar-refractivity contribution is 5.69. The van der Waals surface area contributed by atoms with E-state index in [-0.39, 0.29) is 11.6 Å². The number of ether oxygens (including phenoxy) is 2. The molecule has 0 aliphatic carbocycles. The summed E-state index contributed by atoms with van der Waals surface area (Å²) < 4.78 is 11.1. The minimum atomic E-state index is -0.528. The Morgan fingerprint density at radius 2 is 1.86 bits per heavy atom. The number of nitrogens with two attached hydrogens (primary N) is 2. The number of rotatable bonds is 4. The molecule has 1 aromatic heterocycles. The SMILES string of the molecule is COc1ccc(/C=C/c2nnc(N)n(N)c2=O)cc1OC. The van der Waals surface area contributed by atoms with E-state index >= 15 is 0 Å². The standard InChI is InChI=1S/C13H15N5O3/c1-20-10-6-4-8(7-11(10)21-2)3-5-9-12(19)18(15)13(14)17-16-9/h3-7H,15H2,1-2H3,(H2,14,17)/b5-3+. The van der Waals surface area contributed by atoms with Crippen LogP contribution in [0.5, 0.6) is 11.5 Å². The van der Waals surface area contributed by atoms with Crippen molar-refractivity contribution in [1.29, 1.82) is 0 Å². The smallest absolute Gasteiger partial charge is 0.299 e. The molecule has 2 rings (SSSR count). The number of nitrogen functional groups attached to an aromatic ring is 2. The summed E-state index contributed by atoms with van der Waals surface area (Å²) in [7, 11) is 3.10. The molecule has 0 saturated carbocycles. The Balaban J connectivity index is 2.34. The molecular formula is C13H15N5O3. The largest absolute Gasteiger partial charge is 0.493 e. The van der Waals surface area contributed by atoms with Gasteiger partial charge in [0, 0.05) is 0 Å². The van der Waals surface area contributed by atoms with Gasteiger partial charge in [0.15, 0.2) is 17.2 Å². The Morgan fingerprint density at radius 3 is 2.52 bits per heavy atom. The number of hydrogen-bond acceptors (Lipinski definition) is 7. The van der Waals surface area contributed by atoms with Crippen molar-refractivity contribution >= 4 is 18.1 Å². The van der Waals surface area contributed by atoms with E-state index in [1.165, 1.54) is 6.08 Å². The van der Waals surface area contributed by atoms with Crippen molar-refractivity contribution in [3.8, 4) is 11.5 Å². The zero-order chi connectivity index (χ0) is 15.4. The molecule has 4 N–H and O–H groups in total. The molecule has 0 radical (unpaired) electrons. The lowest BCUT2D eigenvalue weighted by Crippen LogP contribution is -2.33. The van der Waals surface area contributed by atoms with Crippen LogP contribution in [0.25, 0.3) is 12.2 Å². The summed E-state index contributed by atoms with van der Waals surface area (Å²) in [6, 6.07) is 5.33. The van der Waals surface area contributed by atoms with Gasteiger partial charge in [0.05, 0.1) is 14.2 Å². The van der Waals surface area contributed by atoms with Crippen LogP contribution >= 0.6 is 0 Å². The van der Waals surface area contributed by atoms with Crippen LogP contribution in [0.3, 0.4) is 0 Å². The van der Waals surface area contributed by atoms with Crippen LogP contribution < -0.4 is 26.6 Å². The lowest BCUT2D eigenvalue weighted by atomic mass is 10.2. The number of anilines is 1. The second-order valence-corrected chi connectivity index (χ2v) is 4.07. The first kappa shape index (κ1) is 14.4. The Hall–Kier alpha value is -3.03. The van der Waals surface area contributed by atoms with Gasteiger partial charge in [-0.15, -0.1) is 10.2 Å². The fourth-order valence-corrected chi connectivity index (χ4v) is 1.66. The summed E-state index contributed by atoms with van der Waals surface area (Å²) in [4.78, 5) is 11.8. The van der Waals surface area contributed by atoms with Gasteiger partial charge in [-0.2, -0.15) is 4.68 Å². The van der Waals surface area contributed by atoms with E-state index in [0.29, 0.717) is 11.5 Å². The van der Waals surface area contributed by atoms with Crippen LogP contribution in [-0.2, 0) is 0 Å². The average Bonchev–Trinajstić information content (AvgIpc) is 2.51. The molecule has 21 heavy (non-hydrogen) atoms. The molecule has 2 aromatic rings. The predicted molar refractivity (Wildman–Crippen MR) is 79.3 cm³/mol. The maximum Gasteiger partial charge on any atom is 0.299 e. The van der Waals surface area contributed by atoms with Crippen LogP contribution in [-0.4, -0.2) is 29.1 Å². The Kier molecular flexibility index (Phi) is 4.07. The molecule has 0 atom stereocenters. The second kappa shape index (κ2) is 5.95. The molecule has 0 saturated heterocycles. The highest BCUT2D eigenvalue weighted by Gasteiger charge is 2.06. The van der Waals surface area contributed by atoms with Crippen LogP contribution in [0, 0.1) is 0 Å². The van der Waals surface area contributed by atoms with Crippen molar-refractivity contribution in [3.63, 3.8) is 0 Å². The van der Waals surface area contributed by atoms with Gasteiger partial charge in [-0.05, 0) is 23.8 Å². The Labute approximate surface area is 120 Å². The molecule has 1 aromatic carbocycles. The minimum Gasteiger partial charge on any atom is -0.493 e. The number of aromatic nitrogens is 3. The van der Waals surface area contributed by atoms with Gasteiger partial charge < -0.3 is 21.1 Å². The van der Waals surface area contributed by atoms with Gasteiger partial charge in [-0.1, -0.05) is 12.1 Å². The second-order valence-electron chi connectivity index (χ2n) is 4.07. The first-order valence-electron chi connectivity index (χ1n) is 5.97. The Morgan fingerprint density at radius 1 is 1.14 bits per heavy atom. The third-order valence-electron chi connectivity index (χ3n) is 2.79. The fraction of sp³-hybridized carbons (Fsp3) is 0.154. The zero-order valence-electron chi connectivity index (χ0n) is 11.6. The molecular weight excluding hydrogens is 274 g/mol. The van der Waals surface area contributed by atoms with Gasteiger partial charge in [0.2, 0.25) is 5.95 Å². The quantitative estimate of drug-likeness (QED) is 0.767. The molecule has 0 aliphatic rings. The minimum absolute atomic E-state index is 0.0847. The summed E-state index contributed by atoms with van der Waals surface area (Å²) in [6.07, 6.45) is 3.18. The summed E-state index contributed by atoms with van der Waals surface area (Å²) >= 11 is 0. The third kappa shape index (κ3) is 2.94. The lowest BCUT2D eigenvalue weighted by molar-refractivity contribution is 0.355. The van der Waals surface area contributed by atoms with E-state index in [1.807, 2.05) is 6.07 Å². The predicted octanol–water partition coefficient (Wildman–Crippen LogP) is 0.122. The third-order valence-corrected chi connectivity index (χ3v) is 2.79. The molecule has 0 bridgehead atoms. The van der Waals surface area contributed by atoms with Crippen molar-refractivity contribution in [2.75, 3.05) is 25.8 Å². The van der Waals surface area contributed by atoms with Crippen molar-refractivity contribution in [1.82, 2.24) is 14.9 Å². The van der Waals surface area contributed by atoms with Crippen LogP contribution in [0.4, 0.5) is 5.95 Å². The number of benzene rings is 1. The van der Waals surface area contributed by atoms with E-state index in [1.54, 1.807) is 32.4 Å². The topological polar surface area (TPSA) is 118 Å². The van der Waals surface area contributed by atoms with E-state index in [0.717, 1.165) is 10.2 Å². The maximum atomic E-state index is 11.8. The molecule has 0 unspecified atom stereocenters. The molecule has 8 nitrogen and oxygen atoms in total. The van der Waals surface area contributed by atoms with Crippen molar-refractivity contribution < 1.29 is 9.47 Å². The molecule has 0 spiro atoms. The van der Waals surface area contributed by atoms with E-state index < -0.39 is 5.56 Å². The van der Waals surface area contributed by atoms with E-state index in [2.05, 4.69) is 10.2 Å². The van der Waals surface area contributed by atoms with Crippen molar-refractivity contribution in [2.45, 2.75) is 0 Å². The molecule has 0 aliphatic heterocycles. The number of hydrogen-bond donors (Lipinski definition) is 2. The highest BCUT2D eigenvalue weighted by atomic mass is 16.5. The van der Waals surface area contributed by atoms with Gasteiger partial charge in [0.1, 0.15) is 0 Å². The normalized spacial score (nSPS) is 10.8. The van der Waals surface area contributed by atoms with Gasteiger partial charge in [0.25, 0.3) is 5.56 Å². The number of nitrogens with zero attached hydrogens (tertiary/aromatic N) is 3. The number of methoxy groups -OCH3 is 2. The lowest BCUT2D eigenvalue weighted by Gasteiger charge is -2.07. The monoisotopic (exact) mass is 289 g/mol. The van der Waals surface area contributed by atoms with Gasteiger partial charge in [-0.3, -0.25) is 4.79 Å². The van der Waals surface area contributed by atoms with Crippen molar-refractivity contribution in [2.24, 2.45) is 0 Å². The molecule has 110 valence electrons. The van der Waals surface area contributed by atoms with Gasteiger partial charge >= 0.3 is 0 Å². The maximum absolute atomic E-state index is 11.8. The molecule has 0 fully saturated rings. The van der Waals surface area contributed by atoms with E-state index in [4.69, 9.17) is 21.1 Å². The summed E-state index contributed by atoms with van der Waals surface area (Å²) in [5.74, 6) is 6.49.